The van der Waals surface area contributed by atoms with Crippen LogP contribution in [0, 0.1) is 0 Å². The van der Waals surface area contributed by atoms with Gasteiger partial charge in [0.2, 0.25) is 0 Å². The Hall–Kier alpha value is -1.38. The van der Waals surface area contributed by atoms with Crippen LogP contribution in [0.25, 0.3) is 0 Å². The van der Waals surface area contributed by atoms with Crippen molar-refractivity contribution in [3.63, 3.8) is 0 Å². The number of aryl methyl sites for hydroxylation is 1. The quantitative estimate of drug-likeness (QED) is 0.546. The van der Waals surface area contributed by atoms with Crippen molar-refractivity contribution in [1.29, 1.82) is 0 Å². The van der Waals surface area contributed by atoms with E-state index in [2.05, 4.69) is 12.1 Å². The van der Waals surface area contributed by atoms with Crippen molar-refractivity contribution in [2.75, 3.05) is 0 Å². The Balaban J connectivity index is 2.16. The molecule has 0 unspecified atom stereocenters. The highest BCUT2D eigenvalue weighted by molar-refractivity contribution is 5.74. The maximum atomic E-state index is 13.4. The van der Waals surface area contributed by atoms with Gasteiger partial charge in [-0.1, -0.05) is 30.3 Å². The minimum Gasteiger partial charge on any atom is -0.461 e. The summed E-state index contributed by atoms with van der Waals surface area (Å²) in [7, 11) is 0. The highest BCUT2D eigenvalue weighted by Crippen LogP contribution is 2.11. The lowest BCUT2D eigenvalue weighted by Gasteiger charge is -2.11. The predicted molar refractivity (Wildman–Crippen MR) is 70.1 cm³/mol. The molecule has 2 nitrogen and oxygen atoms in total. The van der Waals surface area contributed by atoms with E-state index in [-0.39, 0.29) is 12.5 Å². The number of hydrogen-bond donors (Lipinski definition) is 0. The molecule has 0 aliphatic carbocycles. The molecule has 1 rings (SSSR count). The highest BCUT2D eigenvalue weighted by Gasteiger charge is 2.19. The molecule has 0 fully saturated rings. The Morgan fingerprint density at radius 3 is 2.50 bits per heavy atom. The van der Waals surface area contributed by atoms with Gasteiger partial charge in [-0.3, -0.25) is 0 Å². The first-order chi connectivity index (χ1) is 8.59. The average molecular weight is 252 g/mol. The summed E-state index contributed by atoms with van der Waals surface area (Å²) in [6, 6.07) is 10.1. The van der Waals surface area contributed by atoms with Crippen LogP contribution in [0.3, 0.4) is 0 Å². The lowest BCUT2D eigenvalue weighted by Crippen LogP contribution is -2.22. The van der Waals surface area contributed by atoms with Crippen molar-refractivity contribution >= 4 is 5.97 Å². The van der Waals surface area contributed by atoms with Crippen molar-refractivity contribution in [3.05, 3.63) is 35.9 Å². The maximum absolute atomic E-state index is 13.4. The van der Waals surface area contributed by atoms with Gasteiger partial charge in [0, 0.05) is 0 Å². The number of benzene rings is 1. The van der Waals surface area contributed by atoms with E-state index in [1.54, 1.807) is 13.8 Å². The minimum atomic E-state index is -1.48. The standard InChI is InChI=1S/C15H21FO2/c1-12(2)18-15(17)14(16)11-7-6-10-13-8-4-3-5-9-13/h3-5,8-9,12,14H,6-7,10-11H2,1-2H3/t14-/m0/s1. The van der Waals surface area contributed by atoms with Gasteiger partial charge in [0.1, 0.15) is 0 Å². The highest BCUT2D eigenvalue weighted by atomic mass is 19.1. The number of hydrogen-bond acceptors (Lipinski definition) is 2. The second-order valence-corrected chi connectivity index (χ2v) is 4.68. The Morgan fingerprint density at radius 2 is 1.89 bits per heavy atom. The fourth-order valence-corrected chi connectivity index (χ4v) is 1.72. The van der Waals surface area contributed by atoms with E-state index >= 15 is 0 Å². The van der Waals surface area contributed by atoms with E-state index < -0.39 is 12.1 Å². The molecule has 1 aromatic carbocycles. The molecule has 0 amide bonds. The van der Waals surface area contributed by atoms with Crippen molar-refractivity contribution in [2.24, 2.45) is 0 Å². The molecular formula is C15H21FO2. The minimum absolute atomic E-state index is 0.248. The molecule has 0 saturated heterocycles. The van der Waals surface area contributed by atoms with Crippen molar-refractivity contribution in [2.45, 2.75) is 51.8 Å². The third-order valence-corrected chi connectivity index (χ3v) is 2.62. The summed E-state index contributed by atoms with van der Waals surface area (Å²) in [4.78, 5) is 11.2. The van der Waals surface area contributed by atoms with Gasteiger partial charge in [0.25, 0.3) is 0 Å². The first kappa shape index (κ1) is 14.7. The van der Waals surface area contributed by atoms with Crippen LogP contribution in [0.5, 0.6) is 0 Å². The van der Waals surface area contributed by atoms with Gasteiger partial charge in [-0.15, -0.1) is 0 Å². The number of carbonyl (C=O) groups is 1. The number of rotatable bonds is 7. The Bertz CT molecular complexity index is 349. The fraction of sp³-hybridized carbons (Fsp3) is 0.533. The van der Waals surface area contributed by atoms with Gasteiger partial charge in [0.15, 0.2) is 6.17 Å². The molecule has 0 bridgehead atoms. The average Bonchev–Trinajstić information content (AvgIpc) is 2.34. The number of halogens is 1. The third-order valence-electron chi connectivity index (χ3n) is 2.62. The summed E-state index contributed by atoms with van der Waals surface area (Å²) in [5.74, 6) is -0.732. The second kappa shape index (κ2) is 7.85. The molecule has 0 N–H and O–H groups in total. The van der Waals surface area contributed by atoms with Crippen LogP contribution in [-0.2, 0) is 16.0 Å². The number of ether oxygens (including phenoxy) is 1. The van der Waals surface area contributed by atoms with Crippen LogP contribution in [0.2, 0.25) is 0 Å². The number of carbonyl (C=O) groups excluding carboxylic acids is 1. The molecule has 0 aliphatic rings. The molecule has 18 heavy (non-hydrogen) atoms. The smallest absolute Gasteiger partial charge is 0.340 e. The van der Waals surface area contributed by atoms with Gasteiger partial charge in [-0.05, 0) is 45.1 Å². The fourth-order valence-electron chi connectivity index (χ4n) is 1.72. The molecule has 0 aromatic heterocycles. The summed E-state index contributed by atoms with van der Waals surface area (Å²) in [6.45, 7) is 3.44. The molecule has 1 aromatic rings. The molecule has 0 radical (unpaired) electrons. The van der Waals surface area contributed by atoms with E-state index in [4.69, 9.17) is 4.74 Å². The first-order valence-electron chi connectivity index (χ1n) is 6.48. The second-order valence-electron chi connectivity index (χ2n) is 4.68. The largest absolute Gasteiger partial charge is 0.461 e. The molecular weight excluding hydrogens is 231 g/mol. The summed E-state index contributed by atoms with van der Waals surface area (Å²) in [6.07, 6.45) is 1.02. The molecule has 0 aliphatic heterocycles. The number of alkyl halides is 1. The zero-order valence-electron chi connectivity index (χ0n) is 11.1. The predicted octanol–water partition coefficient (Wildman–Crippen LogP) is 3.69. The summed E-state index contributed by atoms with van der Waals surface area (Å²) in [5.41, 5.74) is 1.25. The lowest BCUT2D eigenvalue weighted by atomic mass is 10.1. The zero-order valence-corrected chi connectivity index (χ0v) is 11.1. The maximum Gasteiger partial charge on any atom is 0.340 e. The third kappa shape index (κ3) is 5.80. The molecule has 100 valence electrons. The Morgan fingerprint density at radius 1 is 1.22 bits per heavy atom. The van der Waals surface area contributed by atoms with E-state index in [1.165, 1.54) is 5.56 Å². The summed E-state index contributed by atoms with van der Waals surface area (Å²) >= 11 is 0. The summed E-state index contributed by atoms with van der Waals surface area (Å²) < 4.78 is 18.2. The van der Waals surface area contributed by atoms with Crippen molar-refractivity contribution in [1.82, 2.24) is 0 Å². The monoisotopic (exact) mass is 252 g/mol. The number of esters is 1. The van der Waals surface area contributed by atoms with Crippen LogP contribution in [0.15, 0.2) is 30.3 Å². The molecule has 3 heteroatoms. The topological polar surface area (TPSA) is 26.3 Å². The van der Waals surface area contributed by atoms with Crippen molar-refractivity contribution < 1.29 is 13.9 Å². The Kier molecular flexibility index (Phi) is 6.40. The van der Waals surface area contributed by atoms with E-state index in [1.807, 2.05) is 18.2 Å². The SMILES string of the molecule is CC(C)OC(=O)[C@@H](F)CCCCc1ccccc1. The molecule has 0 heterocycles. The summed E-state index contributed by atoms with van der Waals surface area (Å²) in [5, 5.41) is 0. The molecule has 0 spiro atoms. The van der Waals surface area contributed by atoms with Gasteiger partial charge in [-0.25, -0.2) is 9.18 Å². The number of unbranched alkanes of at least 4 members (excludes halogenated alkanes) is 1. The van der Waals surface area contributed by atoms with E-state index in [0.29, 0.717) is 6.42 Å². The van der Waals surface area contributed by atoms with Gasteiger partial charge >= 0.3 is 5.97 Å². The normalized spacial score (nSPS) is 12.4. The van der Waals surface area contributed by atoms with Crippen LogP contribution >= 0.6 is 0 Å². The van der Waals surface area contributed by atoms with Crippen LogP contribution < -0.4 is 0 Å². The zero-order chi connectivity index (χ0) is 13.4. The van der Waals surface area contributed by atoms with E-state index in [0.717, 1.165) is 12.8 Å². The van der Waals surface area contributed by atoms with E-state index in [9.17, 15) is 9.18 Å². The van der Waals surface area contributed by atoms with Crippen LogP contribution in [0.1, 0.15) is 38.7 Å². The Labute approximate surface area is 108 Å². The lowest BCUT2D eigenvalue weighted by molar-refractivity contribution is -0.153. The molecule has 1 atom stereocenters. The van der Waals surface area contributed by atoms with Crippen molar-refractivity contribution in [3.8, 4) is 0 Å². The van der Waals surface area contributed by atoms with Crippen LogP contribution in [-0.4, -0.2) is 18.2 Å². The molecule has 0 saturated carbocycles. The van der Waals surface area contributed by atoms with Gasteiger partial charge in [0.05, 0.1) is 6.10 Å². The first-order valence-corrected chi connectivity index (χ1v) is 6.48. The van der Waals surface area contributed by atoms with Gasteiger partial charge in [-0.2, -0.15) is 0 Å². The van der Waals surface area contributed by atoms with Crippen LogP contribution in [0.4, 0.5) is 4.39 Å². The van der Waals surface area contributed by atoms with Gasteiger partial charge < -0.3 is 4.74 Å².